The van der Waals surface area contributed by atoms with Gasteiger partial charge in [-0.15, -0.1) is 0 Å². The van der Waals surface area contributed by atoms with Gasteiger partial charge in [0.25, 0.3) is 0 Å². The summed E-state index contributed by atoms with van der Waals surface area (Å²) in [7, 11) is 0. The summed E-state index contributed by atoms with van der Waals surface area (Å²) in [6.07, 6.45) is 2.15. The summed E-state index contributed by atoms with van der Waals surface area (Å²) >= 11 is 0. The lowest BCUT2D eigenvalue weighted by Crippen LogP contribution is -2.09. The molecule has 74 valence electrons. The minimum absolute atomic E-state index is 0.0613. The molecule has 0 saturated heterocycles. The van der Waals surface area contributed by atoms with Gasteiger partial charge in [0.15, 0.2) is 0 Å². The molecule has 0 heterocycles. The third-order valence-electron chi connectivity index (χ3n) is 2.82. The van der Waals surface area contributed by atoms with E-state index in [-0.39, 0.29) is 5.92 Å². The van der Waals surface area contributed by atoms with Crippen molar-refractivity contribution in [2.45, 2.75) is 32.6 Å². The van der Waals surface area contributed by atoms with Gasteiger partial charge in [0.1, 0.15) is 0 Å². The molecule has 0 unspecified atom stereocenters. The van der Waals surface area contributed by atoms with Crippen LogP contribution in [0.5, 0.6) is 0 Å². The average Bonchev–Trinajstić information content (AvgIpc) is 2.27. The Morgan fingerprint density at radius 2 is 1.71 bits per heavy atom. The zero-order chi connectivity index (χ0) is 10.4. The van der Waals surface area contributed by atoms with Crippen LogP contribution in [-0.2, 0) is 0 Å². The Morgan fingerprint density at radius 1 is 1.14 bits per heavy atom. The lowest BCUT2D eigenvalue weighted by Gasteiger charge is -2.18. The zero-order valence-corrected chi connectivity index (χ0v) is 8.90. The van der Waals surface area contributed by atoms with E-state index in [4.69, 9.17) is 5.26 Å². The highest BCUT2D eigenvalue weighted by atomic mass is 14.3. The zero-order valence-electron chi connectivity index (χ0n) is 8.90. The quantitative estimate of drug-likeness (QED) is 0.704. The first-order valence-electron chi connectivity index (χ1n) is 5.28. The van der Waals surface area contributed by atoms with Crippen molar-refractivity contribution >= 4 is 0 Å². The highest BCUT2D eigenvalue weighted by Crippen LogP contribution is 2.28. The molecule has 1 atom stereocenters. The van der Waals surface area contributed by atoms with Crippen LogP contribution >= 0.6 is 0 Å². The Morgan fingerprint density at radius 3 is 2.14 bits per heavy atom. The van der Waals surface area contributed by atoms with Gasteiger partial charge >= 0.3 is 0 Å². The lowest BCUT2D eigenvalue weighted by molar-refractivity contribution is 0.453. The molecule has 1 nitrogen and oxygen atoms in total. The van der Waals surface area contributed by atoms with Crippen LogP contribution < -0.4 is 0 Å². The molecule has 0 bridgehead atoms. The number of hydrogen-bond donors (Lipinski definition) is 0. The van der Waals surface area contributed by atoms with Gasteiger partial charge in [-0.2, -0.15) is 5.26 Å². The first kappa shape index (κ1) is 10.8. The molecule has 0 aliphatic carbocycles. The summed E-state index contributed by atoms with van der Waals surface area (Å²) in [4.78, 5) is 0. The summed E-state index contributed by atoms with van der Waals surface area (Å²) in [5, 5.41) is 9.16. The molecule has 0 aliphatic rings. The Balaban J connectivity index is 2.88. The van der Waals surface area contributed by atoms with Crippen molar-refractivity contribution in [2.75, 3.05) is 0 Å². The number of nitriles is 1. The first-order chi connectivity index (χ1) is 6.83. The lowest BCUT2D eigenvalue weighted by atomic mass is 9.84. The number of rotatable bonds is 4. The SMILES string of the molecule is CCC(CC)[C@@H](C#N)c1ccccc1. The van der Waals surface area contributed by atoms with Crippen molar-refractivity contribution in [2.24, 2.45) is 5.92 Å². The Labute approximate surface area is 86.4 Å². The van der Waals surface area contributed by atoms with Gasteiger partial charge in [-0.3, -0.25) is 0 Å². The Hall–Kier alpha value is -1.29. The van der Waals surface area contributed by atoms with Crippen molar-refractivity contribution in [3.8, 4) is 6.07 Å². The standard InChI is InChI=1S/C13H17N/c1-3-11(4-2)13(10-14)12-8-6-5-7-9-12/h5-9,11,13H,3-4H2,1-2H3/t13-/m1/s1. The molecular formula is C13H17N. The van der Waals surface area contributed by atoms with Gasteiger partial charge in [-0.25, -0.2) is 0 Å². The van der Waals surface area contributed by atoms with Crippen LogP contribution in [0.25, 0.3) is 0 Å². The molecule has 0 fully saturated rings. The molecule has 0 amide bonds. The van der Waals surface area contributed by atoms with E-state index in [0.29, 0.717) is 5.92 Å². The Kier molecular flexibility index (Phi) is 4.19. The second-order valence-corrected chi connectivity index (χ2v) is 3.59. The van der Waals surface area contributed by atoms with Crippen molar-refractivity contribution in [3.05, 3.63) is 35.9 Å². The maximum Gasteiger partial charge on any atom is 0.0740 e. The maximum absolute atomic E-state index is 9.16. The highest BCUT2D eigenvalue weighted by Gasteiger charge is 2.19. The minimum Gasteiger partial charge on any atom is -0.198 e. The van der Waals surface area contributed by atoms with Gasteiger partial charge in [0.05, 0.1) is 12.0 Å². The van der Waals surface area contributed by atoms with Gasteiger partial charge in [0, 0.05) is 0 Å². The number of hydrogen-bond acceptors (Lipinski definition) is 1. The molecule has 1 rings (SSSR count). The summed E-state index contributed by atoms with van der Waals surface area (Å²) in [6, 6.07) is 12.5. The van der Waals surface area contributed by atoms with Gasteiger partial charge in [-0.05, 0) is 11.5 Å². The average molecular weight is 187 g/mol. The van der Waals surface area contributed by atoms with Crippen LogP contribution in [-0.4, -0.2) is 0 Å². The van der Waals surface area contributed by atoms with Gasteiger partial charge < -0.3 is 0 Å². The summed E-state index contributed by atoms with van der Waals surface area (Å²) in [5.41, 5.74) is 1.16. The van der Waals surface area contributed by atoms with E-state index < -0.39 is 0 Å². The van der Waals surface area contributed by atoms with Crippen molar-refractivity contribution < 1.29 is 0 Å². The molecule has 0 aliphatic heterocycles. The van der Waals surface area contributed by atoms with Crippen LogP contribution in [0.3, 0.4) is 0 Å². The van der Waals surface area contributed by atoms with E-state index in [1.807, 2.05) is 30.3 Å². The number of nitrogens with zero attached hydrogens (tertiary/aromatic N) is 1. The van der Waals surface area contributed by atoms with E-state index in [9.17, 15) is 0 Å². The molecule has 1 heteroatoms. The molecule has 14 heavy (non-hydrogen) atoms. The monoisotopic (exact) mass is 187 g/mol. The van der Waals surface area contributed by atoms with Crippen LogP contribution in [0, 0.1) is 17.2 Å². The van der Waals surface area contributed by atoms with Crippen LogP contribution in [0.1, 0.15) is 38.2 Å². The second-order valence-electron chi connectivity index (χ2n) is 3.59. The van der Waals surface area contributed by atoms with E-state index in [0.717, 1.165) is 18.4 Å². The van der Waals surface area contributed by atoms with Gasteiger partial charge in [0.2, 0.25) is 0 Å². The maximum atomic E-state index is 9.16. The molecule has 0 saturated carbocycles. The predicted octanol–water partition coefficient (Wildman–Crippen LogP) is 3.73. The normalized spacial score (nSPS) is 12.4. The molecule has 0 radical (unpaired) electrons. The predicted molar refractivity (Wildman–Crippen MR) is 58.9 cm³/mol. The largest absolute Gasteiger partial charge is 0.198 e. The second kappa shape index (κ2) is 5.44. The Bertz CT molecular complexity index is 293. The summed E-state index contributed by atoms with van der Waals surface area (Å²) in [6.45, 7) is 4.31. The van der Waals surface area contributed by atoms with Crippen molar-refractivity contribution in [3.63, 3.8) is 0 Å². The van der Waals surface area contributed by atoms with Crippen LogP contribution in [0.4, 0.5) is 0 Å². The van der Waals surface area contributed by atoms with Crippen molar-refractivity contribution in [1.29, 1.82) is 5.26 Å². The van der Waals surface area contributed by atoms with Crippen LogP contribution in [0.2, 0.25) is 0 Å². The fraction of sp³-hybridized carbons (Fsp3) is 0.462. The van der Waals surface area contributed by atoms with E-state index in [2.05, 4.69) is 19.9 Å². The van der Waals surface area contributed by atoms with Crippen LogP contribution in [0.15, 0.2) is 30.3 Å². The van der Waals surface area contributed by atoms with Gasteiger partial charge in [-0.1, -0.05) is 57.0 Å². The topological polar surface area (TPSA) is 23.8 Å². The van der Waals surface area contributed by atoms with E-state index >= 15 is 0 Å². The molecule has 0 aromatic heterocycles. The number of benzene rings is 1. The van der Waals surface area contributed by atoms with Crippen molar-refractivity contribution in [1.82, 2.24) is 0 Å². The third-order valence-corrected chi connectivity index (χ3v) is 2.82. The fourth-order valence-electron chi connectivity index (χ4n) is 1.87. The fourth-order valence-corrected chi connectivity index (χ4v) is 1.87. The highest BCUT2D eigenvalue weighted by molar-refractivity contribution is 5.25. The molecule has 0 spiro atoms. The molecule has 1 aromatic rings. The first-order valence-corrected chi connectivity index (χ1v) is 5.28. The van der Waals surface area contributed by atoms with E-state index in [1.54, 1.807) is 0 Å². The molecule has 0 N–H and O–H groups in total. The summed E-state index contributed by atoms with van der Waals surface area (Å²) in [5.74, 6) is 0.550. The third kappa shape index (κ3) is 2.35. The molecular weight excluding hydrogens is 170 g/mol. The molecule has 1 aromatic carbocycles. The smallest absolute Gasteiger partial charge is 0.0740 e. The van der Waals surface area contributed by atoms with E-state index in [1.165, 1.54) is 0 Å². The summed E-state index contributed by atoms with van der Waals surface area (Å²) < 4.78 is 0. The minimum atomic E-state index is 0.0613.